The Morgan fingerprint density at radius 1 is 1.30 bits per heavy atom. The summed E-state index contributed by atoms with van der Waals surface area (Å²) in [6.07, 6.45) is 3.52. The van der Waals surface area contributed by atoms with Gasteiger partial charge in [-0.25, -0.2) is 0 Å². The molecule has 3 heterocycles. The molecule has 0 saturated carbocycles. The van der Waals surface area contributed by atoms with Gasteiger partial charge in [0.1, 0.15) is 12.1 Å². The van der Waals surface area contributed by atoms with Crippen LogP contribution in [0.2, 0.25) is 0 Å². The van der Waals surface area contributed by atoms with Crippen molar-refractivity contribution in [1.82, 2.24) is 10.2 Å². The predicted octanol–water partition coefficient (Wildman–Crippen LogP) is 1.97. The van der Waals surface area contributed by atoms with Crippen molar-refractivity contribution in [3.8, 4) is 0 Å². The molecule has 6 heteroatoms. The van der Waals surface area contributed by atoms with Crippen LogP contribution in [0.15, 0.2) is 36.9 Å². The summed E-state index contributed by atoms with van der Waals surface area (Å²) in [6.45, 7) is 8.46. The van der Waals surface area contributed by atoms with Gasteiger partial charge < -0.3 is 15.5 Å². The number of hydrogen-bond acceptors (Lipinski definition) is 3. The molecule has 1 aromatic carbocycles. The molecule has 0 aromatic heterocycles. The number of para-hydroxylation sites is 1. The summed E-state index contributed by atoms with van der Waals surface area (Å²) in [4.78, 5) is 40.5. The largest absolute Gasteiger partial charge is 0.342 e. The number of carbonyl (C=O) groups excluding carboxylic acids is 3. The van der Waals surface area contributed by atoms with Crippen molar-refractivity contribution in [3.05, 3.63) is 42.5 Å². The first-order valence-corrected chi connectivity index (χ1v) is 9.47. The van der Waals surface area contributed by atoms with Gasteiger partial charge in [-0.1, -0.05) is 38.1 Å². The van der Waals surface area contributed by atoms with Gasteiger partial charge in [-0.3, -0.25) is 14.4 Å². The molecule has 4 rings (SSSR count). The van der Waals surface area contributed by atoms with Crippen molar-refractivity contribution in [1.29, 1.82) is 0 Å². The van der Waals surface area contributed by atoms with Gasteiger partial charge in [-0.2, -0.15) is 0 Å². The molecule has 1 aromatic rings. The number of amides is 3. The standard InChI is InChI=1S/C21H25N3O3/c1-4-20(2,3)21(13-8-5-6-9-14(13)23-19(21)27)12-15-18(26)24-11-7-10-16(24)17(25)22-15/h4-6,8-9,15-16H,1,7,10-12H2,2-3H3,(H,22,25)(H,23,27)/t15-,16-,21?/m0/s1. The number of nitrogens with one attached hydrogen (secondary N) is 2. The van der Waals surface area contributed by atoms with Crippen LogP contribution in [0, 0.1) is 5.41 Å². The second-order valence-electron chi connectivity index (χ2n) is 8.29. The first-order chi connectivity index (χ1) is 12.8. The number of fused-ring (bicyclic) bond motifs is 2. The Morgan fingerprint density at radius 2 is 2.04 bits per heavy atom. The maximum atomic E-state index is 13.3. The third-order valence-electron chi connectivity index (χ3n) is 6.60. The second-order valence-corrected chi connectivity index (χ2v) is 8.29. The summed E-state index contributed by atoms with van der Waals surface area (Å²) < 4.78 is 0. The molecule has 2 saturated heterocycles. The molecule has 3 atom stereocenters. The van der Waals surface area contributed by atoms with Crippen molar-refractivity contribution in [3.63, 3.8) is 0 Å². The van der Waals surface area contributed by atoms with E-state index in [1.165, 1.54) is 0 Å². The van der Waals surface area contributed by atoms with Gasteiger partial charge in [0.2, 0.25) is 17.7 Å². The average molecular weight is 367 g/mol. The molecular weight excluding hydrogens is 342 g/mol. The van der Waals surface area contributed by atoms with Gasteiger partial charge >= 0.3 is 0 Å². The van der Waals surface area contributed by atoms with E-state index < -0.39 is 16.9 Å². The van der Waals surface area contributed by atoms with Crippen molar-refractivity contribution in [2.24, 2.45) is 5.41 Å². The predicted molar refractivity (Wildman–Crippen MR) is 102 cm³/mol. The molecule has 27 heavy (non-hydrogen) atoms. The minimum atomic E-state index is -0.981. The Bertz CT molecular complexity index is 847. The number of piperazine rings is 1. The highest BCUT2D eigenvalue weighted by atomic mass is 16.2. The van der Waals surface area contributed by atoms with E-state index in [1.807, 2.05) is 38.1 Å². The zero-order chi connectivity index (χ0) is 19.4. The van der Waals surface area contributed by atoms with Gasteiger partial charge in [0.25, 0.3) is 0 Å². The van der Waals surface area contributed by atoms with E-state index >= 15 is 0 Å². The number of rotatable bonds is 4. The number of benzene rings is 1. The average Bonchev–Trinajstić information content (AvgIpc) is 3.24. The van der Waals surface area contributed by atoms with Gasteiger partial charge in [0.05, 0.1) is 5.41 Å². The molecule has 2 N–H and O–H groups in total. The molecule has 0 radical (unpaired) electrons. The lowest BCUT2D eigenvalue weighted by Crippen LogP contribution is -2.63. The molecule has 0 bridgehead atoms. The van der Waals surface area contributed by atoms with Gasteiger partial charge in [0, 0.05) is 17.6 Å². The van der Waals surface area contributed by atoms with E-state index in [1.54, 1.807) is 11.0 Å². The summed E-state index contributed by atoms with van der Waals surface area (Å²) >= 11 is 0. The third-order valence-corrected chi connectivity index (χ3v) is 6.60. The Hall–Kier alpha value is -2.63. The van der Waals surface area contributed by atoms with Crippen LogP contribution in [0.4, 0.5) is 5.69 Å². The molecule has 0 aliphatic carbocycles. The molecule has 3 aliphatic rings. The minimum Gasteiger partial charge on any atom is -0.342 e. The second kappa shape index (κ2) is 5.94. The molecule has 6 nitrogen and oxygen atoms in total. The fourth-order valence-electron chi connectivity index (χ4n) is 4.87. The van der Waals surface area contributed by atoms with Crippen LogP contribution in [0.1, 0.15) is 38.7 Å². The van der Waals surface area contributed by atoms with Crippen LogP contribution in [0.3, 0.4) is 0 Å². The minimum absolute atomic E-state index is 0.0893. The van der Waals surface area contributed by atoms with Crippen LogP contribution in [0.5, 0.6) is 0 Å². The van der Waals surface area contributed by atoms with E-state index in [0.717, 1.165) is 17.7 Å². The zero-order valence-electron chi connectivity index (χ0n) is 15.7. The molecular formula is C21H25N3O3. The van der Waals surface area contributed by atoms with Crippen molar-refractivity contribution >= 4 is 23.4 Å². The van der Waals surface area contributed by atoms with Crippen LogP contribution in [0.25, 0.3) is 0 Å². The quantitative estimate of drug-likeness (QED) is 0.799. The Morgan fingerprint density at radius 3 is 2.78 bits per heavy atom. The monoisotopic (exact) mass is 367 g/mol. The fourth-order valence-corrected chi connectivity index (χ4v) is 4.87. The summed E-state index contributed by atoms with van der Waals surface area (Å²) in [7, 11) is 0. The van der Waals surface area contributed by atoms with Gasteiger partial charge in [-0.15, -0.1) is 6.58 Å². The highest BCUT2D eigenvalue weighted by Gasteiger charge is 2.58. The van der Waals surface area contributed by atoms with E-state index in [2.05, 4.69) is 17.2 Å². The Balaban J connectivity index is 1.78. The van der Waals surface area contributed by atoms with Crippen molar-refractivity contribution in [2.75, 3.05) is 11.9 Å². The molecule has 3 amide bonds. The van der Waals surface area contributed by atoms with Gasteiger partial charge in [-0.05, 0) is 30.9 Å². The van der Waals surface area contributed by atoms with E-state index in [-0.39, 0.29) is 30.2 Å². The highest BCUT2D eigenvalue weighted by molar-refractivity contribution is 6.08. The van der Waals surface area contributed by atoms with Crippen molar-refractivity contribution < 1.29 is 14.4 Å². The lowest BCUT2D eigenvalue weighted by molar-refractivity contribution is -0.148. The summed E-state index contributed by atoms with van der Waals surface area (Å²) in [5.41, 5.74) is 0.0127. The maximum absolute atomic E-state index is 13.3. The van der Waals surface area contributed by atoms with E-state index in [4.69, 9.17) is 0 Å². The maximum Gasteiger partial charge on any atom is 0.245 e. The normalized spacial score (nSPS) is 29.9. The smallest absolute Gasteiger partial charge is 0.245 e. The summed E-state index contributed by atoms with van der Waals surface area (Å²) in [5, 5.41) is 5.86. The van der Waals surface area contributed by atoms with Crippen LogP contribution in [-0.4, -0.2) is 41.2 Å². The lowest BCUT2D eigenvalue weighted by Gasteiger charge is -2.44. The van der Waals surface area contributed by atoms with E-state index in [0.29, 0.717) is 13.0 Å². The Kier molecular flexibility index (Phi) is 3.91. The third kappa shape index (κ3) is 2.35. The number of anilines is 1. The number of nitrogens with zero attached hydrogens (tertiary/aromatic N) is 1. The number of carbonyl (C=O) groups is 3. The lowest BCUT2D eigenvalue weighted by atomic mass is 9.59. The van der Waals surface area contributed by atoms with Crippen molar-refractivity contribution in [2.45, 2.75) is 50.6 Å². The van der Waals surface area contributed by atoms with E-state index in [9.17, 15) is 14.4 Å². The highest BCUT2D eigenvalue weighted by Crippen LogP contribution is 2.53. The molecule has 2 fully saturated rings. The van der Waals surface area contributed by atoms with Crippen LogP contribution in [-0.2, 0) is 19.8 Å². The van der Waals surface area contributed by atoms with Crippen LogP contribution < -0.4 is 10.6 Å². The zero-order valence-corrected chi connectivity index (χ0v) is 15.7. The molecule has 0 spiro atoms. The topological polar surface area (TPSA) is 78.5 Å². The number of hydrogen-bond donors (Lipinski definition) is 2. The first-order valence-electron chi connectivity index (χ1n) is 9.47. The molecule has 3 aliphatic heterocycles. The number of allylic oxidation sites excluding steroid dienone is 1. The fraction of sp³-hybridized carbons (Fsp3) is 0.476. The molecule has 1 unspecified atom stereocenters. The van der Waals surface area contributed by atoms with Crippen LogP contribution >= 0.6 is 0 Å². The summed E-state index contributed by atoms with van der Waals surface area (Å²) in [5.74, 6) is -0.358. The molecule has 142 valence electrons. The summed E-state index contributed by atoms with van der Waals surface area (Å²) in [6, 6.07) is 6.48. The van der Waals surface area contributed by atoms with Gasteiger partial charge in [0.15, 0.2) is 0 Å². The SMILES string of the molecule is C=CC(C)(C)C1(C[C@@H]2NC(=O)[C@@H]3CCCN3C2=O)C(=O)Nc2ccccc21. The Labute approximate surface area is 159 Å². The first kappa shape index (κ1) is 17.8.